The molecule has 44 heavy (non-hydrogen) atoms. The number of allylic oxidation sites excluding steroid dienone is 2. The molecule has 8 nitrogen and oxygen atoms in total. The molecule has 0 rings (SSSR count). The molecule has 0 fully saturated rings. The fraction of sp³-hybridized carbons (Fsp3) is 0.886. The Morgan fingerprint density at radius 3 is 1.41 bits per heavy atom. The summed E-state index contributed by atoms with van der Waals surface area (Å²) in [5.41, 5.74) is 0. The van der Waals surface area contributed by atoms with Gasteiger partial charge in [0.2, 0.25) is 0 Å². The van der Waals surface area contributed by atoms with E-state index in [2.05, 4.69) is 30.5 Å². The number of esters is 2. The summed E-state index contributed by atoms with van der Waals surface area (Å²) in [5.74, 6) is -0.885. The second-order valence-corrected chi connectivity index (χ2v) is 13.4. The quantitative estimate of drug-likeness (QED) is 0.0313. The van der Waals surface area contributed by atoms with Crippen molar-refractivity contribution in [3.8, 4) is 0 Å². The highest BCUT2D eigenvalue weighted by molar-refractivity contribution is 7.46. The van der Waals surface area contributed by atoms with E-state index in [1.807, 2.05) is 0 Å². The normalized spacial score (nSPS) is 12.5. The zero-order valence-electron chi connectivity index (χ0n) is 28.3. The van der Waals surface area contributed by atoms with Crippen LogP contribution in [0, 0.1) is 0 Å². The summed E-state index contributed by atoms with van der Waals surface area (Å²) in [6, 6.07) is 0. The molecular weight excluding hydrogens is 579 g/mol. The first-order valence-corrected chi connectivity index (χ1v) is 19.5. The maximum atomic E-state index is 12.3. The third-order valence-corrected chi connectivity index (χ3v) is 8.27. The second kappa shape index (κ2) is 31.8. The van der Waals surface area contributed by atoms with Crippen molar-refractivity contribution in [2.24, 2.45) is 0 Å². The van der Waals surface area contributed by atoms with E-state index in [9.17, 15) is 14.2 Å². The number of carbonyl (C=O) groups excluding carboxylic acids is 2. The largest absolute Gasteiger partial charge is 0.469 e. The minimum absolute atomic E-state index is 0.213. The summed E-state index contributed by atoms with van der Waals surface area (Å²) in [6.45, 7) is 3.64. The van der Waals surface area contributed by atoms with E-state index < -0.39 is 32.5 Å². The minimum atomic E-state index is -4.74. The Morgan fingerprint density at radius 2 is 0.955 bits per heavy atom. The number of carbonyl (C=O) groups is 2. The fourth-order valence-corrected chi connectivity index (χ4v) is 5.43. The van der Waals surface area contributed by atoms with Crippen molar-refractivity contribution in [1.82, 2.24) is 0 Å². The van der Waals surface area contributed by atoms with Crippen molar-refractivity contribution >= 4 is 19.8 Å². The summed E-state index contributed by atoms with van der Waals surface area (Å²) in [6.07, 6.45) is 32.2. The number of rotatable bonds is 33. The van der Waals surface area contributed by atoms with Gasteiger partial charge in [0.15, 0.2) is 6.10 Å². The zero-order chi connectivity index (χ0) is 32.6. The van der Waals surface area contributed by atoms with Crippen LogP contribution in [-0.2, 0) is 28.2 Å². The van der Waals surface area contributed by atoms with Crippen LogP contribution in [0.2, 0.25) is 0 Å². The molecular formula is C35H67O8P. The molecule has 0 radical (unpaired) electrons. The van der Waals surface area contributed by atoms with Crippen LogP contribution in [0.25, 0.3) is 0 Å². The molecule has 0 bridgehead atoms. The third-order valence-electron chi connectivity index (χ3n) is 7.78. The zero-order valence-corrected chi connectivity index (χ0v) is 29.2. The lowest BCUT2D eigenvalue weighted by Crippen LogP contribution is -2.29. The lowest BCUT2D eigenvalue weighted by Gasteiger charge is -2.18. The van der Waals surface area contributed by atoms with Gasteiger partial charge in [-0.05, 0) is 38.5 Å². The Labute approximate surface area is 269 Å². The minimum Gasteiger partial charge on any atom is -0.462 e. The Balaban J connectivity index is 3.93. The summed E-state index contributed by atoms with van der Waals surface area (Å²) in [5, 5.41) is 0. The van der Waals surface area contributed by atoms with Gasteiger partial charge in [-0.2, -0.15) is 0 Å². The molecule has 0 aromatic rings. The van der Waals surface area contributed by atoms with Crippen LogP contribution < -0.4 is 0 Å². The number of hydrogen-bond donors (Lipinski definition) is 2. The summed E-state index contributed by atoms with van der Waals surface area (Å²) < 4.78 is 26.2. The number of phosphoric acid groups is 1. The van der Waals surface area contributed by atoms with Gasteiger partial charge in [-0.3, -0.25) is 14.1 Å². The summed E-state index contributed by atoms with van der Waals surface area (Å²) in [4.78, 5) is 42.5. The van der Waals surface area contributed by atoms with Crippen molar-refractivity contribution in [1.29, 1.82) is 0 Å². The van der Waals surface area contributed by atoms with Crippen molar-refractivity contribution in [3.63, 3.8) is 0 Å². The van der Waals surface area contributed by atoms with Crippen LogP contribution in [0.1, 0.15) is 181 Å². The van der Waals surface area contributed by atoms with Crippen LogP contribution in [0.15, 0.2) is 12.2 Å². The molecule has 9 heteroatoms. The van der Waals surface area contributed by atoms with Crippen LogP contribution >= 0.6 is 7.82 Å². The third kappa shape index (κ3) is 33.7. The van der Waals surface area contributed by atoms with Gasteiger partial charge in [0.25, 0.3) is 0 Å². The molecule has 0 aliphatic carbocycles. The number of hydrogen-bond acceptors (Lipinski definition) is 6. The topological polar surface area (TPSA) is 119 Å². The molecule has 0 saturated carbocycles. The molecule has 1 atom stereocenters. The SMILES string of the molecule is CCCCCC/C=C/CCCCCCCCCCCC(=O)O[C@H](COC(=O)CCCCCCCCCCC)COP(=O)(O)O. The van der Waals surface area contributed by atoms with Crippen LogP contribution in [0.5, 0.6) is 0 Å². The first kappa shape index (κ1) is 42.8. The molecule has 0 unspecified atom stereocenters. The van der Waals surface area contributed by atoms with Gasteiger partial charge in [0.1, 0.15) is 6.61 Å². The van der Waals surface area contributed by atoms with E-state index in [1.165, 1.54) is 109 Å². The second-order valence-electron chi connectivity index (χ2n) is 12.2. The van der Waals surface area contributed by atoms with E-state index in [-0.39, 0.29) is 19.4 Å². The highest BCUT2D eigenvalue weighted by Gasteiger charge is 2.22. The van der Waals surface area contributed by atoms with Crippen molar-refractivity contribution < 1.29 is 37.9 Å². The lowest BCUT2D eigenvalue weighted by atomic mass is 10.1. The number of ether oxygens (including phenoxy) is 2. The van der Waals surface area contributed by atoms with Crippen molar-refractivity contribution in [2.75, 3.05) is 13.2 Å². The standard InChI is InChI=1S/C35H67O8P/c1-3-5-7-9-11-13-14-15-16-17-18-19-20-22-24-26-28-30-35(37)43-33(32-42-44(38,39)40)31-41-34(36)29-27-25-23-21-12-10-8-6-4-2/h13-14,33H,3-12,15-32H2,1-2H3,(H2,38,39,40)/b14-13+/t33-/m1/s1. The van der Waals surface area contributed by atoms with Gasteiger partial charge in [-0.25, -0.2) is 4.57 Å². The molecule has 0 amide bonds. The Bertz CT molecular complexity index is 736. The van der Waals surface area contributed by atoms with Crippen molar-refractivity contribution in [3.05, 3.63) is 12.2 Å². The maximum Gasteiger partial charge on any atom is 0.469 e. The van der Waals surface area contributed by atoms with Crippen LogP contribution in [0.4, 0.5) is 0 Å². The summed E-state index contributed by atoms with van der Waals surface area (Å²) >= 11 is 0. The highest BCUT2D eigenvalue weighted by atomic mass is 31.2. The molecule has 260 valence electrons. The van der Waals surface area contributed by atoms with Gasteiger partial charge >= 0.3 is 19.8 Å². The monoisotopic (exact) mass is 646 g/mol. The molecule has 0 aliphatic rings. The highest BCUT2D eigenvalue weighted by Crippen LogP contribution is 2.36. The van der Waals surface area contributed by atoms with Gasteiger partial charge in [-0.1, -0.05) is 142 Å². The molecule has 0 saturated heterocycles. The van der Waals surface area contributed by atoms with Gasteiger partial charge in [0.05, 0.1) is 6.61 Å². The van der Waals surface area contributed by atoms with Gasteiger partial charge in [0, 0.05) is 12.8 Å². The smallest absolute Gasteiger partial charge is 0.462 e. The number of phosphoric ester groups is 1. The van der Waals surface area contributed by atoms with Crippen LogP contribution in [-0.4, -0.2) is 41.0 Å². The van der Waals surface area contributed by atoms with Gasteiger partial charge < -0.3 is 19.3 Å². The Morgan fingerprint density at radius 1 is 0.568 bits per heavy atom. The molecule has 0 aliphatic heterocycles. The molecule has 2 N–H and O–H groups in total. The summed E-state index contributed by atoms with van der Waals surface area (Å²) in [7, 11) is -4.74. The van der Waals surface area contributed by atoms with E-state index in [1.54, 1.807) is 0 Å². The lowest BCUT2D eigenvalue weighted by molar-refractivity contribution is -0.161. The predicted molar refractivity (Wildman–Crippen MR) is 179 cm³/mol. The molecule has 0 aromatic carbocycles. The Hall–Kier alpha value is -1.21. The molecule has 0 spiro atoms. The first-order valence-electron chi connectivity index (χ1n) is 18.0. The van der Waals surface area contributed by atoms with Crippen molar-refractivity contribution in [2.45, 2.75) is 187 Å². The fourth-order valence-electron chi connectivity index (χ4n) is 5.07. The average Bonchev–Trinajstić information content (AvgIpc) is 2.98. The van der Waals surface area contributed by atoms with E-state index in [0.29, 0.717) is 6.42 Å². The molecule has 0 heterocycles. The average molecular weight is 647 g/mol. The maximum absolute atomic E-state index is 12.3. The predicted octanol–water partition coefficient (Wildman–Crippen LogP) is 10.3. The van der Waals surface area contributed by atoms with E-state index in [4.69, 9.17) is 19.3 Å². The van der Waals surface area contributed by atoms with E-state index >= 15 is 0 Å². The Kier molecular flexibility index (Phi) is 30.9. The van der Waals surface area contributed by atoms with E-state index in [0.717, 1.165) is 38.5 Å². The molecule has 0 aromatic heterocycles. The number of unbranched alkanes of at least 4 members (excludes halogenated alkanes) is 21. The first-order chi connectivity index (χ1) is 21.3. The van der Waals surface area contributed by atoms with Crippen LogP contribution in [0.3, 0.4) is 0 Å². The van der Waals surface area contributed by atoms with Gasteiger partial charge in [-0.15, -0.1) is 0 Å².